The number of fused-ring (bicyclic) bond motifs is 1. The molecule has 1 aliphatic heterocycles. The van der Waals surface area contributed by atoms with E-state index in [1.807, 2.05) is 19.1 Å². The molecule has 0 aromatic heterocycles. The first-order valence-corrected chi connectivity index (χ1v) is 10.1. The number of likely N-dealkylation sites (tertiary alicyclic amines) is 1. The second kappa shape index (κ2) is 8.70. The number of amides is 1. The molecule has 2 aliphatic rings. The minimum absolute atomic E-state index is 0.0345. The maximum atomic E-state index is 12.8. The molecule has 142 valence electrons. The lowest BCUT2D eigenvalue weighted by molar-refractivity contribution is -0.137. The number of hydrogen-bond donors (Lipinski definition) is 0. The first-order chi connectivity index (χ1) is 12.6. The van der Waals surface area contributed by atoms with Crippen LogP contribution in [0.1, 0.15) is 69.2 Å². The van der Waals surface area contributed by atoms with Crippen molar-refractivity contribution in [3.05, 3.63) is 29.8 Å². The van der Waals surface area contributed by atoms with E-state index >= 15 is 0 Å². The molecule has 2 fully saturated rings. The number of Topliss-reactive ketones (excluding diaryl/α,β-unsaturated/α-hetero) is 1. The predicted octanol–water partition coefficient (Wildman–Crippen LogP) is 4.48. The smallest absolute Gasteiger partial charge is 0.223 e. The third kappa shape index (κ3) is 4.46. The summed E-state index contributed by atoms with van der Waals surface area (Å²) in [6, 6.07) is 7.62. The number of carbonyl (C=O) groups is 2. The van der Waals surface area contributed by atoms with Crippen LogP contribution in [-0.4, -0.2) is 35.8 Å². The summed E-state index contributed by atoms with van der Waals surface area (Å²) in [7, 11) is 0. The van der Waals surface area contributed by atoms with Crippen molar-refractivity contribution in [2.75, 3.05) is 13.2 Å². The van der Waals surface area contributed by atoms with Crippen LogP contribution in [0.4, 0.5) is 0 Å². The largest absolute Gasteiger partial charge is 0.494 e. The third-order valence-electron chi connectivity index (χ3n) is 5.95. The molecule has 1 heterocycles. The molecule has 4 nitrogen and oxygen atoms in total. The van der Waals surface area contributed by atoms with Crippen LogP contribution in [0.15, 0.2) is 24.3 Å². The highest BCUT2D eigenvalue weighted by atomic mass is 16.5. The fourth-order valence-corrected chi connectivity index (χ4v) is 4.61. The summed E-state index contributed by atoms with van der Waals surface area (Å²) in [6.45, 7) is 5.74. The molecule has 0 bridgehead atoms. The highest BCUT2D eigenvalue weighted by Gasteiger charge is 2.37. The Morgan fingerprint density at radius 3 is 2.62 bits per heavy atom. The SMILES string of the molecule is CCOc1ccc(C(=O)CCC(=O)N2CCC[C@@H]3C[C@@H](C)CC[C@@H]32)cc1. The normalized spacial score (nSPS) is 25.5. The van der Waals surface area contributed by atoms with Crippen LogP contribution in [0.5, 0.6) is 5.75 Å². The van der Waals surface area contributed by atoms with Gasteiger partial charge in [-0.1, -0.05) is 6.92 Å². The first kappa shape index (κ1) is 18.9. The molecule has 1 saturated carbocycles. The Morgan fingerprint density at radius 2 is 1.88 bits per heavy atom. The number of carbonyl (C=O) groups excluding carboxylic acids is 2. The van der Waals surface area contributed by atoms with Crippen molar-refractivity contribution in [1.29, 1.82) is 0 Å². The van der Waals surface area contributed by atoms with Crippen molar-refractivity contribution in [2.45, 2.75) is 64.8 Å². The number of ether oxygens (including phenoxy) is 1. The number of nitrogens with zero attached hydrogens (tertiary/aromatic N) is 1. The van der Waals surface area contributed by atoms with Gasteiger partial charge in [-0.25, -0.2) is 0 Å². The number of benzene rings is 1. The Kier molecular flexibility index (Phi) is 6.33. The molecule has 1 aromatic carbocycles. The van der Waals surface area contributed by atoms with Crippen LogP contribution in [0.3, 0.4) is 0 Å². The summed E-state index contributed by atoms with van der Waals surface area (Å²) in [6.07, 6.45) is 6.57. The van der Waals surface area contributed by atoms with Gasteiger partial charge in [0.05, 0.1) is 6.61 Å². The molecule has 0 N–H and O–H groups in total. The standard InChI is InChI=1S/C22H31NO3/c1-3-26-19-9-7-17(8-10-19)21(24)12-13-22(25)23-14-4-5-18-15-16(2)6-11-20(18)23/h7-10,16,18,20H,3-6,11-15H2,1-2H3/t16-,18+,20-/m0/s1. The van der Waals surface area contributed by atoms with E-state index in [2.05, 4.69) is 11.8 Å². The third-order valence-corrected chi connectivity index (χ3v) is 5.95. The second-order valence-corrected chi connectivity index (χ2v) is 7.86. The molecule has 3 atom stereocenters. The average Bonchev–Trinajstić information content (AvgIpc) is 2.66. The topological polar surface area (TPSA) is 46.6 Å². The summed E-state index contributed by atoms with van der Waals surface area (Å²) in [5.74, 6) is 2.41. The van der Waals surface area contributed by atoms with Gasteiger partial charge in [-0.2, -0.15) is 0 Å². The monoisotopic (exact) mass is 357 g/mol. The Hall–Kier alpha value is -1.84. The second-order valence-electron chi connectivity index (χ2n) is 7.86. The van der Waals surface area contributed by atoms with E-state index in [0.29, 0.717) is 30.6 Å². The van der Waals surface area contributed by atoms with Crippen molar-refractivity contribution in [1.82, 2.24) is 4.90 Å². The van der Waals surface area contributed by atoms with Gasteiger partial charge in [0.1, 0.15) is 5.75 Å². The van der Waals surface area contributed by atoms with Crippen molar-refractivity contribution in [3.63, 3.8) is 0 Å². The lowest BCUT2D eigenvalue weighted by atomic mass is 9.74. The highest BCUT2D eigenvalue weighted by molar-refractivity contribution is 5.98. The van der Waals surface area contributed by atoms with Gasteiger partial charge in [-0.15, -0.1) is 0 Å². The number of ketones is 1. The number of piperidine rings is 1. The van der Waals surface area contributed by atoms with Gasteiger partial charge in [0.15, 0.2) is 5.78 Å². The minimum Gasteiger partial charge on any atom is -0.494 e. The Balaban J connectivity index is 1.53. The lowest BCUT2D eigenvalue weighted by Crippen LogP contribution is -2.50. The number of rotatable bonds is 6. The molecule has 0 unspecified atom stereocenters. The minimum atomic E-state index is 0.0345. The molecule has 26 heavy (non-hydrogen) atoms. The zero-order valence-corrected chi connectivity index (χ0v) is 16.1. The van der Waals surface area contributed by atoms with Gasteiger partial charge in [0.25, 0.3) is 0 Å². The van der Waals surface area contributed by atoms with Crippen LogP contribution in [0.2, 0.25) is 0 Å². The molecule has 1 aromatic rings. The fourth-order valence-electron chi connectivity index (χ4n) is 4.61. The van der Waals surface area contributed by atoms with Crippen LogP contribution in [0, 0.1) is 11.8 Å². The van der Waals surface area contributed by atoms with Gasteiger partial charge in [-0.3, -0.25) is 9.59 Å². The molecule has 3 rings (SSSR count). The van der Waals surface area contributed by atoms with Gasteiger partial charge >= 0.3 is 0 Å². The van der Waals surface area contributed by atoms with Crippen molar-refractivity contribution < 1.29 is 14.3 Å². The van der Waals surface area contributed by atoms with E-state index in [1.165, 1.54) is 19.3 Å². The molecule has 0 radical (unpaired) electrons. The highest BCUT2D eigenvalue weighted by Crippen LogP contribution is 2.38. The molecule has 1 aliphatic carbocycles. The van der Waals surface area contributed by atoms with E-state index in [9.17, 15) is 9.59 Å². The molecular formula is C22H31NO3. The van der Waals surface area contributed by atoms with Gasteiger partial charge in [-0.05, 0) is 75.1 Å². The Morgan fingerprint density at radius 1 is 1.12 bits per heavy atom. The summed E-state index contributed by atoms with van der Waals surface area (Å²) in [4.78, 5) is 27.3. The lowest BCUT2D eigenvalue weighted by Gasteiger charge is -2.45. The van der Waals surface area contributed by atoms with E-state index in [1.54, 1.807) is 12.1 Å². The van der Waals surface area contributed by atoms with Crippen LogP contribution >= 0.6 is 0 Å². The average molecular weight is 357 g/mol. The molecule has 1 saturated heterocycles. The summed E-state index contributed by atoms with van der Waals surface area (Å²) >= 11 is 0. The zero-order chi connectivity index (χ0) is 18.5. The van der Waals surface area contributed by atoms with Crippen LogP contribution in [0.25, 0.3) is 0 Å². The predicted molar refractivity (Wildman–Crippen MR) is 102 cm³/mol. The van der Waals surface area contributed by atoms with Crippen LogP contribution in [-0.2, 0) is 4.79 Å². The van der Waals surface area contributed by atoms with E-state index in [4.69, 9.17) is 4.74 Å². The quantitative estimate of drug-likeness (QED) is 0.706. The van der Waals surface area contributed by atoms with E-state index in [0.717, 1.165) is 31.1 Å². The maximum Gasteiger partial charge on any atom is 0.223 e. The Bertz CT molecular complexity index is 625. The molecular weight excluding hydrogens is 326 g/mol. The summed E-state index contributed by atoms with van der Waals surface area (Å²) < 4.78 is 5.40. The van der Waals surface area contributed by atoms with Crippen molar-refractivity contribution in [3.8, 4) is 5.75 Å². The van der Waals surface area contributed by atoms with Crippen LogP contribution < -0.4 is 4.74 Å². The van der Waals surface area contributed by atoms with Gasteiger partial charge in [0.2, 0.25) is 5.91 Å². The molecule has 4 heteroatoms. The van der Waals surface area contributed by atoms with Gasteiger partial charge in [0, 0.05) is 31.0 Å². The molecule has 1 amide bonds. The maximum absolute atomic E-state index is 12.8. The fraction of sp³-hybridized carbons (Fsp3) is 0.636. The van der Waals surface area contributed by atoms with E-state index in [-0.39, 0.29) is 18.1 Å². The summed E-state index contributed by atoms with van der Waals surface area (Å²) in [5.41, 5.74) is 0.657. The van der Waals surface area contributed by atoms with Crippen molar-refractivity contribution in [2.24, 2.45) is 11.8 Å². The Labute approximate surface area is 156 Å². The summed E-state index contributed by atoms with van der Waals surface area (Å²) in [5, 5.41) is 0. The van der Waals surface area contributed by atoms with Gasteiger partial charge < -0.3 is 9.64 Å². The number of hydrogen-bond acceptors (Lipinski definition) is 3. The zero-order valence-electron chi connectivity index (χ0n) is 16.1. The van der Waals surface area contributed by atoms with Crippen molar-refractivity contribution >= 4 is 11.7 Å². The first-order valence-electron chi connectivity index (χ1n) is 10.1. The molecule has 0 spiro atoms. The van der Waals surface area contributed by atoms with E-state index < -0.39 is 0 Å².